The number of hydrogen-bond acceptors (Lipinski definition) is 4. The maximum absolute atomic E-state index is 11.2. The van der Waals surface area contributed by atoms with Gasteiger partial charge in [-0.3, -0.25) is 4.79 Å². The Bertz CT molecular complexity index is 480. The molecule has 6 heteroatoms. The highest BCUT2D eigenvalue weighted by Crippen LogP contribution is 2.00. The number of nitrogens with zero attached hydrogens (tertiary/aromatic N) is 3. The molecule has 5 nitrogen and oxygen atoms in total. The SMILES string of the molecule is O=c1[nH]c(I)nc2ncncc12. The van der Waals surface area contributed by atoms with Gasteiger partial charge < -0.3 is 4.98 Å². The lowest BCUT2D eigenvalue weighted by Crippen LogP contribution is -2.10. The summed E-state index contributed by atoms with van der Waals surface area (Å²) in [5.41, 5.74) is 0.225. The van der Waals surface area contributed by atoms with Crippen LogP contribution in [0.3, 0.4) is 0 Å². The molecular weight excluding hydrogens is 271 g/mol. The second-order valence-corrected chi connectivity index (χ2v) is 3.14. The summed E-state index contributed by atoms with van der Waals surface area (Å²) in [7, 11) is 0. The molecule has 0 radical (unpaired) electrons. The number of rotatable bonds is 0. The van der Waals surface area contributed by atoms with E-state index in [0.717, 1.165) is 0 Å². The topological polar surface area (TPSA) is 71.5 Å². The summed E-state index contributed by atoms with van der Waals surface area (Å²) in [4.78, 5) is 25.4. The van der Waals surface area contributed by atoms with E-state index in [1.807, 2.05) is 22.6 Å². The fraction of sp³-hybridized carbons (Fsp3) is 0. The van der Waals surface area contributed by atoms with E-state index < -0.39 is 0 Å². The molecule has 2 aromatic rings. The van der Waals surface area contributed by atoms with Crippen molar-refractivity contribution in [3.63, 3.8) is 0 Å². The van der Waals surface area contributed by atoms with E-state index in [-0.39, 0.29) is 5.56 Å². The van der Waals surface area contributed by atoms with Crippen LogP contribution in [0.4, 0.5) is 0 Å². The van der Waals surface area contributed by atoms with Crippen LogP contribution in [0.1, 0.15) is 0 Å². The Kier molecular flexibility index (Phi) is 1.75. The lowest BCUT2D eigenvalue weighted by Gasteiger charge is -1.93. The average molecular weight is 274 g/mol. The second kappa shape index (κ2) is 2.77. The summed E-state index contributed by atoms with van der Waals surface area (Å²) in [5, 5.41) is 0.415. The Morgan fingerprint density at radius 2 is 2.33 bits per heavy atom. The highest BCUT2D eigenvalue weighted by atomic mass is 127. The van der Waals surface area contributed by atoms with Crippen molar-refractivity contribution in [3.05, 3.63) is 26.7 Å². The molecule has 2 rings (SSSR count). The van der Waals surface area contributed by atoms with Crippen LogP contribution in [-0.4, -0.2) is 19.9 Å². The molecular formula is C6H3IN4O. The van der Waals surface area contributed by atoms with Crippen LogP contribution in [0.5, 0.6) is 0 Å². The number of nitrogens with one attached hydrogen (secondary N) is 1. The maximum Gasteiger partial charge on any atom is 0.262 e. The number of H-pyrrole nitrogens is 1. The van der Waals surface area contributed by atoms with Crippen molar-refractivity contribution in [2.45, 2.75) is 0 Å². The Labute approximate surface area is 80.4 Å². The van der Waals surface area contributed by atoms with Crippen LogP contribution in [0.2, 0.25) is 0 Å². The number of fused-ring (bicyclic) bond motifs is 1. The summed E-state index contributed by atoms with van der Waals surface area (Å²) in [6.45, 7) is 0. The molecule has 0 aromatic carbocycles. The molecule has 0 amide bonds. The van der Waals surface area contributed by atoms with Gasteiger partial charge in [0, 0.05) is 6.20 Å². The van der Waals surface area contributed by atoms with Gasteiger partial charge in [0.2, 0.25) is 0 Å². The average Bonchev–Trinajstić information content (AvgIpc) is 2.04. The second-order valence-electron chi connectivity index (χ2n) is 2.12. The van der Waals surface area contributed by atoms with Crippen LogP contribution in [0.15, 0.2) is 17.3 Å². The van der Waals surface area contributed by atoms with Crippen molar-refractivity contribution in [3.8, 4) is 0 Å². The Hall–Kier alpha value is -1.05. The molecule has 0 spiro atoms. The van der Waals surface area contributed by atoms with Gasteiger partial charge >= 0.3 is 0 Å². The van der Waals surface area contributed by atoms with Crippen LogP contribution >= 0.6 is 22.6 Å². The van der Waals surface area contributed by atoms with Crippen molar-refractivity contribution < 1.29 is 0 Å². The molecule has 0 aliphatic heterocycles. The number of aromatic amines is 1. The zero-order valence-electron chi connectivity index (χ0n) is 5.78. The predicted octanol–water partition coefficient (Wildman–Crippen LogP) is 0.318. The Balaban J connectivity index is 2.99. The molecule has 60 valence electrons. The van der Waals surface area contributed by atoms with Gasteiger partial charge in [-0.05, 0) is 22.6 Å². The fourth-order valence-electron chi connectivity index (χ4n) is 0.854. The highest BCUT2D eigenvalue weighted by Gasteiger charge is 2.00. The third-order valence-corrected chi connectivity index (χ3v) is 1.87. The standard InChI is InChI=1S/C6H3IN4O/c7-6-10-4-3(5(12)11-6)1-8-2-9-4/h1-2H,(H,8,9,10,11,12). The first-order chi connectivity index (χ1) is 5.77. The van der Waals surface area contributed by atoms with E-state index in [2.05, 4.69) is 19.9 Å². The Morgan fingerprint density at radius 1 is 1.50 bits per heavy atom. The van der Waals surface area contributed by atoms with Crippen molar-refractivity contribution in [1.29, 1.82) is 0 Å². The first-order valence-corrected chi connectivity index (χ1v) is 4.21. The van der Waals surface area contributed by atoms with Crippen LogP contribution < -0.4 is 5.56 Å². The molecule has 0 saturated heterocycles. The van der Waals surface area contributed by atoms with E-state index in [4.69, 9.17) is 0 Å². The molecule has 0 fully saturated rings. The predicted molar refractivity (Wildman–Crippen MR) is 50.7 cm³/mol. The zero-order valence-corrected chi connectivity index (χ0v) is 7.94. The van der Waals surface area contributed by atoms with E-state index >= 15 is 0 Å². The van der Waals surface area contributed by atoms with Gasteiger partial charge in [0.1, 0.15) is 11.7 Å². The van der Waals surface area contributed by atoms with Crippen molar-refractivity contribution >= 4 is 33.6 Å². The maximum atomic E-state index is 11.2. The minimum absolute atomic E-state index is 0.204. The molecule has 2 heterocycles. The highest BCUT2D eigenvalue weighted by molar-refractivity contribution is 14.1. The third-order valence-electron chi connectivity index (χ3n) is 1.36. The third kappa shape index (κ3) is 1.17. The molecule has 0 atom stereocenters. The van der Waals surface area contributed by atoms with Gasteiger partial charge in [0.05, 0.1) is 0 Å². The normalized spacial score (nSPS) is 10.4. The lowest BCUT2D eigenvalue weighted by atomic mass is 10.4. The molecule has 0 saturated carbocycles. The van der Waals surface area contributed by atoms with E-state index in [0.29, 0.717) is 14.9 Å². The van der Waals surface area contributed by atoms with E-state index in [9.17, 15) is 4.79 Å². The molecule has 0 aliphatic carbocycles. The number of aromatic nitrogens is 4. The number of halogens is 1. The summed E-state index contributed by atoms with van der Waals surface area (Å²) < 4.78 is 0.531. The lowest BCUT2D eigenvalue weighted by molar-refractivity contribution is 1.07. The largest absolute Gasteiger partial charge is 0.301 e. The molecule has 12 heavy (non-hydrogen) atoms. The first kappa shape index (κ1) is 7.59. The fourth-order valence-corrected chi connectivity index (χ4v) is 1.33. The van der Waals surface area contributed by atoms with Gasteiger partial charge in [-0.25, -0.2) is 15.0 Å². The van der Waals surface area contributed by atoms with Crippen molar-refractivity contribution in [1.82, 2.24) is 19.9 Å². The molecule has 0 bridgehead atoms. The van der Waals surface area contributed by atoms with Crippen LogP contribution in [0.25, 0.3) is 11.0 Å². The summed E-state index contributed by atoms with van der Waals surface area (Å²) in [5.74, 6) is 0. The van der Waals surface area contributed by atoms with Gasteiger partial charge in [0.25, 0.3) is 5.56 Å². The smallest absolute Gasteiger partial charge is 0.262 e. The molecule has 2 aromatic heterocycles. The summed E-state index contributed by atoms with van der Waals surface area (Å²) in [6, 6.07) is 0. The minimum Gasteiger partial charge on any atom is -0.301 e. The first-order valence-electron chi connectivity index (χ1n) is 3.13. The Morgan fingerprint density at radius 3 is 3.17 bits per heavy atom. The molecule has 0 aliphatic rings. The minimum atomic E-state index is -0.204. The summed E-state index contributed by atoms with van der Waals surface area (Å²) in [6.07, 6.45) is 2.81. The van der Waals surface area contributed by atoms with E-state index in [1.165, 1.54) is 12.5 Å². The van der Waals surface area contributed by atoms with Crippen LogP contribution in [-0.2, 0) is 0 Å². The van der Waals surface area contributed by atoms with Crippen molar-refractivity contribution in [2.75, 3.05) is 0 Å². The monoisotopic (exact) mass is 274 g/mol. The van der Waals surface area contributed by atoms with Gasteiger partial charge in [-0.2, -0.15) is 0 Å². The van der Waals surface area contributed by atoms with E-state index in [1.54, 1.807) is 0 Å². The number of hydrogen-bond donors (Lipinski definition) is 1. The van der Waals surface area contributed by atoms with Gasteiger partial charge in [-0.1, -0.05) is 0 Å². The summed E-state index contributed by atoms with van der Waals surface area (Å²) >= 11 is 1.93. The van der Waals surface area contributed by atoms with Crippen molar-refractivity contribution in [2.24, 2.45) is 0 Å². The van der Waals surface area contributed by atoms with Crippen LogP contribution in [0, 0.1) is 3.83 Å². The van der Waals surface area contributed by atoms with Gasteiger partial charge in [0.15, 0.2) is 9.48 Å². The molecule has 0 unspecified atom stereocenters. The molecule has 1 N–H and O–H groups in total. The quantitative estimate of drug-likeness (QED) is 0.554. The zero-order chi connectivity index (χ0) is 8.55. The van der Waals surface area contributed by atoms with Gasteiger partial charge in [-0.15, -0.1) is 0 Å².